The van der Waals surface area contributed by atoms with Crippen LogP contribution in [0.3, 0.4) is 0 Å². The highest BCUT2D eigenvalue weighted by atomic mass is 14.3. The van der Waals surface area contributed by atoms with Gasteiger partial charge in [-0.15, -0.1) is 5.73 Å². The summed E-state index contributed by atoms with van der Waals surface area (Å²) in [5.74, 6) is 1.29. The van der Waals surface area contributed by atoms with Crippen LogP contribution in [0.2, 0.25) is 0 Å². The normalized spacial score (nSPS) is 18.7. The first-order chi connectivity index (χ1) is 5.16. The summed E-state index contributed by atoms with van der Waals surface area (Å²) in [6.45, 7) is 12.0. The Labute approximate surface area is 69.3 Å². The van der Waals surface area contributed by atoms with Gasteiger partial charge in [-0.05, 0) is 31.3 Å². The molecule has 1 aliphatic rings. The van der Waals surface area contributed by atoms with Crippen molar-refractivity contribution in [2.45, 2.75) is 26.7 Å². The van der Waals surface area contributed by atoms with Crippen molar-refractivity contribution in [3.63, 3.8) is 0 Å². The Morgan fingerprint density at radius 1 is 1.55 bits per heavy atom. The van der Waals surface area contributed by atoms with Crippen LogP contribution in [0, 0.1) is 11.8 Å². The molecule has 60 valence electrons. The van der Waals surface area contributed by atoms with Crippen molar-refractivity contribution in [3.05, 3.63) is 30.0 Å². The first-order valence-corrected chi connectivity index (χ1v) is 4.22. The molecule has 1 rings (SSSR count). The summed E-state index contributed by atoms with van der Waals surface area (Å²) in [6, 6.07) is 0. The van der Waals surface area contributed by atoms with E-state index in [-0.39, 0.29) is 0 Å². The van der Waals surface area contributed by atoms with E-state index >= 15 is 0 Å². The minimum absolute atomic E-state index is 0.486. The van der Waals surface area contributed by atoms with Crippen molar-refractivity contribution < 1.29 is 0 Å². The predicted octanol–water partition coefficient (Wildman–Crippen LogP) is 3.32. The van der Waals surface area contributed by atoms with E-state index in [1.807, 2.05) is 0 Å². The third kappa shape index (κ3) is 1.85. The molecule has 1 unspecified atom stereocenters. The number of hydrogen-bond acceptors (Lipinski definition) is 0. The second-order valence-corrected chi connectivity index (χ2v) is 3.43. The standard InChI is InChI=1S/C11H16/c1-5-8(2)9(3)10(4)11-6-7-11/h9,11H,1,4,6-7H2,2-3H3. The van der Waals surface area contributed by atoms with E-state index < -0.39 is 0 Å². The fraction of sp³-hybridized carbons (Fsp3) is 0.545. The first kappa shape index (κ1) is 8.36. The molecule has 1 atom stereocenters. The van der Waals surface area contributed by atoms with Gasteiger partial charge in [0.2, 0.25) is 0 Å². The Kier molecular flexibility index (Phi) is 2.36. The molecule has 0 heteroatoms. The smallest absolute Gasteiger partial charge is 0.00516 e. The maximum atomic E-state index is 4.10. The van der Waals surface area contributed by atoms with E-state index in [1.54, 1.807) is 0 Å². The van der Waals surface area contributed by atoms with Gasteiger partial charge in [0.05, 0.1) is 0 Å². The van der Waals surface area contributed by atoms with E-state index in [1.165, 1.54) is 24.0 Å². The third-order valence-electron chi connectivity index (χ3n) is 2.59. The molecule has 0 bridgehead atoms. The maximum Gasteiger partial charge on any atom is 0.00516 e. The van der Waals surface area contributed by atoms with Crippen LogP contribution in [0.1, 0.15) is 26.7 Å². The lowest BCUT2D eigenvalue weighted by molar-refractivity contribution is 0.737. The monoisotopic (exact) mass is 148 g/mol. The highest BCUT2D eigenvalue weighted by Crippen LogP contribution is 2.40. The summed E-state index contributed by atoms with van der Waals surface area (Å²) in [5, 5.41) is 0. The van der Waals surface area contributed by atoms with Crippen LogP contribution >= 0.6 is 0 Å². The molecule has 1 saturated carbocycles. The van der Waals surface area contributed by atoms with Crippen LogP contribution in [-0.2, 0) is 0 Å². The molecule has 0 amide bonds. The third-order valence-corrected chi connectivity index (χ3v) is 2.59. The molecule has 0 radical (unpaired) electrons. The molecule has 0 N–H and O–H groups in total. The van der Waals surface area contributed by atoms with E-state index in [0.717, 1.165) is 5.92 Å². The highest BCUT2D eigenvalue weighted by Gasteiger charge is 2.27. The van der Waals surface area contributed by atoms with Gasteiger partial charge in [0.1, 0.15) is 0 Å². The molecule has 0 aliphatic heterocycles. The van der Waals surface area contributed by atoms with E-state index in [2.05, 4.69) is 32.7 Å². The lowest BCUT2D eigenvalue weighted by atomic mass is 9.92. The lowest BCUT2D eigenvalue weighted by Gasteiger charge is -2.12. The van der Waals surface area contributed by atoms with Crippen LogP contribution in [-0.4, -0.2) is 0 Å². The summed E-state index contributed by atoms with van der Waals surface area (Å²) in [7, 11) is 0. The van der Waals surface area contributed by atoms with Crippen molar-refractivity contribution >= 4 is 0 Å². The van der Waals surface area contributed by atoms with Crippen LogP contribution in [0.15, 0.2) is 30.0 Å². The van der Waals surface area contributed by atoms with E-state index in [4.69, 9.17) is 0 Å². The summed E-state index contributed by atoms with van der Waals surface area (Å²) in [6.07, 6.45) is 2.68. The molecule has 1 fully saturated rings. The van der Waals surface area contributed by atoms with Gasteiger partial charge in [-0.2, -0.15) is 0 Å². The first-order valence-electron chi connectivity index (χ1n) is 4.22. The topological polar surface area (TPSA) is 0 Å². The van der Waals surface area contributed by atoms with Gasteiger partial charge in [-0.1, -0.05) is 25.7 Å². The van der Waals surface area contributed by atoms with Crippen molar-refractivity contribution in [1.29, 1.82) is 0 Å². The Balaban J connectivity index is 2.58. The second kappa shape index (κ2) is 3.11. The van der Waals surface area contributed by atoms with Crippen molar-refractivity contribution in [2.75, 3.05) is 0 Å². The van der Waals surface area contributed by atoms with Crippen molar-refractivity contribution in [2.24, 2.45) is 11.8 Å². The van der Waals surface area contributed by atoms with Gasteiger partial charge in [-0.25, -0.2) is 0 Å². The van der Waals surface area contributed by atoms with Gasteiger partial charge in [-0.3, -0.25) is 0 Å². The Morgan fingerprint density at radius 2 is 2.09 bits per heavy atom. The van der Waals surface area contributed by atoms with Gasteiger partial charge in [0.15, 0.2) is 0 Å². The lowest BCUT2D eigenvalue weighted by Crippen LogP contribution is -2.00. The minimum atomic E-state index is 0.486. The Morgan fingerprint density at radius 3 is 2.45 bits per heavy atom. The number of rotatable bonds is 3. The van der Waals surface area contributed by atoms with Crippen molar-refractivity contribution in [3.8, 4) is 0 Å². The van der Waals surface area contributed by atoms with E-state index in [9.17, 15) is 0 Å². The van der Waals surface area contributed by atoms with Gasteiger partial charge >= 0.3 is 0 Å². The average molecular weight is 148 g/mol. The zero-order valence-electron chi connectivity index (χ0n) is 7.48. The second-order valence-electron chi connectivity index (χ2n) is 3.43. The molecule has 0 aromatic rings. The highest BCUT2D eigenvalue weighted by molar-refractivity contribution is 5.20. The zero-order chi connectivity index (χ0) is 8.43. The molecule has 1 aliphatic carbocycles. The fourth-order valence-electron chi connectivity index (χ4n) is 1.24. The van der Waals surface area contributed by atoms with Gasteiger partial charge in [0, 0.05) is 5.92 Å². The molecule has 0 nitrogen and oxygen atoms in total. The summed E-state index contributed by atoms with van der Waals surface area (Å²) >= 11 is 0. The van der Waals surface area contributed by atoms with Crippen LogP contribution < -0.4 is 0 Å². The van der Waals surface area contributed by atoms with Crippen LogP contribution in [0.25, 0.3) is 0 Å². The predicted molar refractivity (Wildman–Crippen MR) is 49.4 cm³/mol. The number of allylic oxidation sites excluding steroid dienone is 2. The SMILES string of the molecule is C=C=C(C)C(C)C(=C)C1CC1. The zero-order valence-corrected chi connectivity index (χ0v) is 7.48. The fourth-order valence-corrected chi connectivity index (χ4v) is 1.24. The van der Waals surface area contributed by atoms with Gasteiger partial charge in [0.25, 0.3) is 0 Å². The molecule has 11 heavy (non-hydrogen) atoms. The molecule has 0 spiro atoms. The average Bonchev–Trinajstić information content (AvgIpc) is 2.82. The molecule has 0 aromatic carbocycles. The minimum Gasteiger partial charge on any atom is -0.129 e. The Hall–Kier alpha value is -0.740. The van der Waals surface area contributed by atoms with Crippen LogP contribution in [0.4, 0.5) is 0 Å². The Bertz CT molecular complexity index is 212. The maximum absolute atomic E-state index is 4.10. The van der Waals surface area contributed by atoms with E-state index in [0.29, 0.717) is 5.92 Å². The largest absolute Gasteiger partial charge is 0.129 e. The molecule has 0 saturated heterocycles. The van der Waals surface area contributed by atoms with Gasteiger partial charge < -0.3 is 0 Å². The molecule has 0 aromatic heterocycles. The van der Waals surface area contributed by atoms with Crippen LogP contribution in [0.5, 0.6) is 0 Å². The molecular formula is C11H16. The molecule has 0 heterocycles. The molecular weight excluding hydrogens is 132 g/mol. The summed E-state index contributed by atoms with van der Waals surface area (Å²) < 4.78 is 0. The number of hydrogen-bond donors (Lipinski definition) is 0. The summed E-state index contributed by atoms with van der Waals surface area (Å²) in [5.41, 5.74) is 5.53. The van der Waals surface area contributed by atoms with Crippen molar-refractivity contribution in [1.82, 2.24) is 0 Å². The quantitative estimate of drug-likeness (QED) is 0.425. The summed E-state index contributed by atoms with van der Waals surface area (Å²) in [4.78, 5) is 0.